The molecule has 7 nitrogen and oxygen atoms in total. The van der Waals surface area contributed by atoms with Gasteiger partial charge in [0.25, 0.3) is 11.8 Å². The standard InChI is InChI=1S/C24H29N3O4S/c1-17-5-2-3-6-19(17)23(29)26-10-8-18(9-11-26)21(24(30)27-12-14-31-15-13-27)25-22(28)20-7-4-16-32-20/h2-7,16,18,21H,8-15H2,1H3,(H,25,28). The first-order valence-electron chi connectivity index (χ1n) is 11.1. The van der Waals surface area contributed by atoms with E-state index in [2.05, 4.69) is 5.32 Å². The first kappa shape index (κ1) is 22.5. The molecule has 1 N–H and O–H groups in total. The highest BCUT2D eigenvalue weighted by Crippen LogP contribution is 2.25. The molecule has 3 amide bonds. The molecule has 0 bridgehead atoms. The first-order valence-corrected chi connectivity index (χ1v) is 12.0. The molecule has 1 aromatic carbocycles. The minimum atomic E-state index is -0.599. The maximum atomic E-state index is 13.4. The van der Waals surface area contributed by atoms with Crippen molar-refractivity contribution in [2.45, 2.75) is 25.8 Å². The third kappa shape index (κ3) is 5.02. The second-order valence-electron chi connectivity index (χ2n) is 8.31. The van der Waals surface area contributed by atoms with E-state index in [-0.39, 0.29) is 23.6 Å². The molecule has 0 aliphatic carbocycles. The number of hydrogen-bond acceptors (Lipinski definition) is 5. The molecular formula is C24H29N3O4S. The van der Waals surface area contributed by atoms with Crippen LogP contribution < -0.4 is 5.32 Å². The summed E-state index contributed by atoms with van der Waals surface area (Å²) in [6, 6.07) is 10.6. The zero-order valence-corrected chi connectivity index (χ0v) is 19.1. The molecule has 2 saturated heterocycles. The second-order valence-corrected chi connectivity index (χ2v) is 9.26. The Balaban J connectivity index is 1.45. The van der Waals surface area contributed by atoms with Gasteiger partial charge in [0.15, 0.2) is 0 Å². The SMILES string of the molecule is Cc1ccccc1C(=O)N1CCC(C(NC(=O)c2cccs2)C(=O)N2CCOCC2)CC1. The summed E-state index contributed by atoms with van der Waals surface area (Å²) in [5, 5.41) is 4.86. The van der Waals surface area contributed by atoms with Gasteiger partial charge in [-0.25, -0.2) is 0 Å². The van der Waals surface area contributed by atoms with Crippen LogP contribution >= 0.6 is 11.3 Å². The number of carbonyl (C=O) groups excluding carboxylic acids is 3. The predicted octanol–water partition coefficient (Wildman–Crippen LogP) is 2.57. The smallest absolute Gasteiger partial charge is 0.262 e. The summed E-state index contributed by atoms with van der Waals surface area (Å²) in [5.41, 5.74) is 1.68. The van der Waals surface area contributed by atoms with Gasteiger partial charge >= 0.3 is 0 Å². The molecule has 8 heteroatoms. The fraction of sp³-hybridized carbons (Fsp3) is 0.458. The van der Waals surface area contributed by atoms with Crippen LogP contribution in [0.25, 0.3) is 0 Å². The highest BCUT2D eigenvalue weighted by Gasteiger charge is 2.37. The van der Waals surface area contributed by atoms with Gasteiger partial charge < -0.3 is 19.9 Å². The van der Waals surface area contributed by atoms with E-state index in [1.165, 1.54) is 11.3 Å². The van der Waals surface area contributed by atoms with Crippen LogP contribution in [0.1, 0.15) is 38.4 Å². The summed E-state index contributed by atoms with van der Waals surface area (Å²) >= 11 is 1.36. The Bertz CT molecular complexity index is 948. The zero-order valence-electron chi connectivity index (χ0n) is 18.3. The molecule has 2 aliphatic heterocycles. The third-order valence-electron chi connectivity index (χ3n) is 6.29. The summed E-state index contributed by atoms with van der Waals surface area (Å²) in [6.45, 7) is 5.18. The Labute approximate surface area is 192 Å². The third-order valence-corrected chi connectivity index (χ3v) is 7.16. The number of thiophene rings is 1. The Morgan fingerprint density at radius 1 is 1.00 bits per heavy atom. The van der Waals surface area contributed by atoms with Crippen LogP contribution in [-0.2, 0) is 9.53 Å². The molecule has 4 rings (SSSR count). The van der Waals surface area contributed by atoms with E-state index in [0.29, 0.717) is 57.1 Å². The van der Waals surface area contributed by atoms with Crippen molar-refractivity contribution in [1.82, 2.24) is 15.1 Å². The van der Waals surface area contributed by atoms with Crippen LogP contribution in [0.5, 0.6) is 0 Å². The number of rotatable bonds is 5. The number of likely N-dealkylation sites (tertiary alicyclic amines) is 1. The maximum absolute atomic E-state index is 13.4. The quantitative estimate of drug-likeness (QED) is 0.752. The lowest BCUT2D eigenvalue weighted by Gasteiger charge is -2.38. The number of hydrogen-bond donors (Lipinski definition) is 1. The molecule has 170 valence electrons. The fourth-order valence-corrected chi connectivity index (χ4v) is 5.03. The van der Waals surface area contributed by atoms with Crippen LogP contribution in [0.3, 0.4) is 0 Å². The van der Waals surface area contributed by atoms with Crippen LogP contribution in [0.15, 0.2) is 41.8 Å². The second kappa shape index (κ2) is 10.3. The van der Waals surface area contributed by atoms with Gasteiger partial charge in [-0.1, -0.05) is 24.3 Å². The Morgan fingerprint density at radius 3 is 2.38 bits per heavy atom. The lowest BCUT2D eigenvalue weighted by Crippen LogP contribution is -2.56. The van der Waals surface area contributed by atoms with Crippen molar-refractivity contribution in [3.05, 3.63) is 57.8 Å². The summed E-state index contributed by atoms with van der Waals surface area (Å²) in [7, 11) is 0. The molecule has 3 heterocycles. The van der Waals surface area contributed by atoms with E-state index in [9.17, 15) is 14.4 Å². The van der Waals surface area contributed by atoms with Crippen LogP contribution in [-0.4, -0.2) is 73.0 Å². The van der Waals surface area contributed by atoms with Crippen LogP contribution in [0, 0.1) is 12.8 Å². The van der Waals surface area contributed by atoms with Gasteiger partial charge in [0.1, 0.15) is 6.04 Å². The van der Waals surface area contributed by atoms with Gasteiger partial charge in [-0.2, -0.15) is 0 Å². The topological polar surface area (TPSA) is 79.0 Å². The predicted molar refractivity (Wildman–Crippen MR) is 123 cm³/mol. The van der Waals surface area contributed by atoms with Gasteiger partial charge in [0.05, 0.1) is 18.1 Å². The van der Waals surface area contributed by atoms with Crippen molar-refractivity contribution in [2.75, 3.05) is 39.4 Å². The molecule has 0 saturated carbocycles. The van der Waals surface area contributed by atoms with E-state index in [0.717, 1.165) is 11.1 Å². The minimum absolute atomic E-state index is 0.0184. The highest BCUT2D eigenvalue weighted by atomic mass is 32.1. The normalized spacial score (nSPS) is 18.3. The fourth-order valence-electron chi connectivity index (χ4n) is 4.40. The first-order chi connectivity index (χ1) is 15.5. The average molecular weight is 456 g/mol. The number of nitrogens with zero attached hydrogens (tertiary/aromatic N) is 2. The van der Waals surface area contributed by atoms with E-state index >= 15 is 0 Å². The van der Waals surface area contributed by atoms with Gasteiger partial charge in [-0.05, 0) is 48.8 Å². The molecular weight excluding hydrogens is 426 g/mol. The number of ether oxygens (including phenoxy) is 1. The number of nitrogens with one attached hydrogen (secondary N) is 1. The van der Waals surface area contributed by atoms with Crippen LogP contribution in [0.2, 0.25) is 0 Å². The number of aryl methyl sites for hydroxylation is 1. The number of piperidine rings is 1. The number of carbonyl (C=O) groups is 3. The van der Waals surface area contributed by atoms with Gasteiger partial charge in [0, 0.05) is 31.7 Å². The number of benzene rings is 1. The van der Waals surface area contributed by atoms with E-state index in [1.807, 2.05) is 47.5 Å². The van der Waals surface area contributed by atoms with Crippen molar-refractivity contribution in [3.63, 3.8) is 0 Å². The summed E-state index contributed by atoms with van der Waals surface area (Å²) in [5.74, 6) is -0.262. The minimum Gasteiger partial charge on any atom is -0.378 e. The monoisotopic (exact) mass is 455 g/mol. The molecule has 0 spiro atoms. The maximum Gasteiger partial charge on any atom is 0.262 e. The van der Waals surface area contributed by atoms with Crippen molar-refractivity contribution < 1.29 is 19.1 Å². The Kier molecular flexibility index (Phi) is 7.22. The molecule has 1 unspecified atom stereocenters. The molecule has 0 radical (unpaired) electrons. The Hall–Kier alpha value is -2.71. The van der Waals surface area contributed by atoms with Gasteiger partial charge in [0.2, 0.25) is 5.91 Å². The van der Waals surface area contributed by atoms with Crippen molar-refractivity contribution in [1.29, 1.82) is 0 Å². The molecule has 1 aromatic heterocycles. The molecule has 32 heavy (non-hydrogen) atoms. The zero-order chi connectivity index (χ0) is 22.5. The van der Waals surface area contributed by atoms with Crippen LogP contribution in [0.4, 0.5) is 0 Å². The summed E-state index contributed by atoms with van der Waals surface area (Å²) in [6.07, 6.45) is 1.34. The average Bonchev–Trinajstić information content (AvgIpc) is 3.38. The van der Waals surface area contributed by atoms with E-state index in [4.69, 9.17) is 4.74 Å². The molecule has 2 aliphatic rings. The van der Waals surface area contributed by atoms with Crippen molar-refractivity contribution in [2.24, 2.45) is 5.92 Å². The summed E-state index contributed by atoms with van der Waals surface area (Å²) < 4.78 is 5.38. The van der Waals surface area contributed by atoms with Crippen molar-refractivity contribution in [3.8, 4) is 0 Å². The van der Waals surface area contributed by atoms with Gasteiger partial charge in [-0.3, -0.25) is 14.4 Å². The largest absolute Gasteiger partial charge is 0.378 e. The Morgan fingerprint density at radius 2 is 1.72 bits per heavy atom. The summed E-state index contributed by atoms with van der Waals surface area (Å²) in [4.78, 5) is 43.4. The lowest BCUT2D eigenvalue weighted by molar-refractivity contribution is -0.139. The number of amides is 3. The number of morpholine rings is 1. The van der Waals surface area contributed by atoms with E-state index in [1.54, 1.807) is 11.0 Å². The van der Waals surface area contributed by atoms with Gasteiger partial charge in [-0.15, -0.1) is 11.3 Å². The lowest BCUT2D eigenvalue weighted by atomic mass is 9.87. The highest BCUT2D eigenvalue weighted by molar-refractivity contribution is 7.12. The van der Waals surface area contributed by atoms with E-state index < -0.39 is 6.04 Å². The molecule has 2 aromatic rings. The molecule has 1 atom stereocenters. The molecule has 2 fully saturated rings. The van der Waals surface area contributed by atoms with Crippen molar-refractivity contribution >= 4 is 29.1 Å².